The van der Waals surface area contributed by atoms with Gasteiger partial charge in [-0.3, -0.25) is 14.4 Å². The van der Waals surface area contributed by atoms with Gasteiger partial charge in [-0.05, 0) is 29.9 Å². The summed E-state index contributed by atoms with van der Waals surface area (Å²) in [5.41, 5.74) is 0.964. The van der Waals surface area contributed by atoms with E-state index in [1.807, 2.05) is 44.2 Å². The number of aromatic nitrogens is 4. The predicted octanol–water partition coefficient (Wildman–Crippen LogP) is 4.85. The number of aryl methyl sites for hydroxylation is 2. The number of carbonyl (C=O) groups excluding carboxylic acids is 3. The maximum Gasteiger partial charge on any atom is 0.471 e. The van der Waals surface area contributed by atoms with E-state index < -0.39 is 12.1 Å². The van der Waals surface area contributed by atoms with E-state index in [1.54, 1.807) is 11.8 Å². The van der Waals surface area contributed by atoms with Gasteiger partial charge in [-0.25, -0.2) is 0 Å². The van der Waals surface area contributed by atoms with Crippen molar-refractivity contribution < 1.29 is 27.6 Å². The summed E-state index contributed by atoms with van der Waals surface area (Å²) < 4.78 is 35.1. The molecule has 0 unspecified atom stereocenters. The van der Waals surface area contributed by atoms with Crippen molar-refractivity contribution in [3.63, 3.8) is 0 Å². The number of likely N-dealkylation sites (tertiary alicyclic amines) is 1. The molecule has 4 rings (SSSR count). The highest BCUT2D eigenvalue weighted by atomic mass is 32.2. The predicted molar refractivity (Wildman–Crippen MR) is 156 cm³/mol. The lowest BCUT2D eigenvalue weighted by molar-refractivity contribution is -0.184. The third kappa shape index (κ3) is 12.9. The Morgan fingerprint density at radius 1 is 0.951 bits per heavy atom. The summed E-state index contributed by atoms with van der Waals surface area (Å²) >= 11 is 4.58. The van der Waals surface area contributed by atoms with Crippen LogP contribution >= 0.6 is 34.4 Å². The number of benzene rings is 1. The van der Waals surface area contributed by atoms with Gasteiger partial charge in [-0.15, -0.1) is 20.4 Å². The van der Waals surface area contributed by atoms with Crippen LogP contribution < -0.4 is 10.6 Å². The van der Waals surface area contributed by atoms with Gasteiger partial charge < -0.3 is 15.5 Å². The molecule has 16 heteroatoms. The molecule has 3 heterocycles. The molecule has 1 aliphatic rings. The second-order valence-electron chi connectivity index (χ2n) is 8.08. The first kappa shape index (κ1) is 34.1. The van der Waals surface area contributed by atoms with Crippen LogP contribution in [0.5, 0.6) is 0 Å². The molecule has 0 spiro atoms. The van der Waals surface area contributed by atoms with Crippen molar-refractivity contribution in [1.29, 1.82) is 0 Å². The summed E-state index contributed by atoms with van der Waals surface area (Å²) in [6.45, 7) is 4.50. The van der Waals surface area contributed by atoms with Crippen molar-refractivity contribution in [2.45, 2.75) is 52.1 Å². The van der Waals surface area contributed by atoms with Gasteiger partial charge in [0.05, 0.1) is 6.42 Å². The average molecular weight is 632 g/mol. The number of hydrogen-bond donors (Lipinski definition) is 2. The molecule has 41 heavy (non-hydrogen) atoms. The number of hydrogen-bond acceptors (Lipinski definition) is 10. The van der Waals surface area contributed by atoms with E-state index in [2.05, 4.69) is 31.0 Å². The maximum atomic E-state index is 12.1. The van der Waals surface area contributed by atoms with E-state index in [-0.39, 0.29) is 19.0 Å². The van der Waals surface area contributed by atoms with Gasteiger partial charge in [0.1, 0.15) is 10.0 Å². The maximum absolute atomic E-state index is 12.1. The molecular weight excluding hydrogens is 600 g/mol. The zero-order valence-electron chi connectivity index (χ0n) is 22.6. The Hall–Kier alpha value is -3.11. The number of halogens is 3. The lowest BCUT2D eigenvalue weighted by atomic mass is 10.1. The van der Waals surface area contributed by atoms with E-state index in [4.69, 9.17) is 0 Å². The molecule has 1 aromatic carbocycles. The molecule has 2 aromatic heterocycles. The zero-order valence-corrected chi connectivity index (χ0v) is 25.1. The van der Waals surface area contributed by atoms with Crippen LogP contribution in [-0.2, 0) is 33.6 Å². The Labute approximate surface area is 248 Å². The van der Waals surface area contributed by atoms with Crippen LogP contribution in [-0.4, -0.2) is 74.3 Å². The third-order valence-electron chi connectivity index (χ3n) is 5.13. The Morgan fingerprint density at radius 3 is 2.07 bits per heavy atom. The Morgan fingerprint density at radius 2 is 1.51 bits per heavy atom. The largest absolute Gasteiger partial charge is 0.471 e. The summed E-state index contributed by atoms with van der Waals surface area (Å²) in [5, 5.41) is 24.2. The molecule has 3 amide bonds. The number of alkyl halides is 3. The number of amides is 3. The number of carbonyl (C=O) groups is 3. The molecule has 1 aliphatic heterocycles. The fraction of sp³-hybridized carbons (Fsp3) is 0.480. The zero-order chi connectivity index (χ0) is 30.1. The van der Waals surface area contributed by atoms with E-state index in [1.165, 1.54) is 22.7 Å². The Balaban J connectivity index is 0.000000378. The van der Waals surface area contributed by atoms with E-state index in [9.17, 15) is 27.6 Å². The topological polar surface area (TPSA) is 130 Å². The molecule has 10 nitrogen and oxygen atoms in total. The van der Waals surface area contributed by atoms with Gasteiger partial charge in [0, 0.05) is 25.9 Å². The minimum absolute atomic E-state index is 0.0937. The highest BCUT2D eigenvalue weighted by Crippen LogP contribution is 2.22. The number of thioether (sulfide) groups is 1. The van der Waals surface area contributed by atoms with E-state index in [0.717, 1.165) is 44.8 Å². The van der Waals surface area contributed by atoms with Crippen LogP contribution in [0.1, 0.15) is 42.3 Å². The van der Waals surface area contributed by atoms with E-state index >= 15 is 0 Å². The van der Waals surface area contributed by atoms with Gasteiger partial charge in [0.25, 0.3) is 0 Å². The second kappa shape index (κ2) is 18.3. The number of nitrogens with one attached hydrogen (secondary N) is 2. The van der Waals surface area contributed by atoms with Crippen LogP contribution in [0.15, 0.2) is 30.3 Å². The number of anilines is 2. The third-order valence-corrected chi connectivity index (χ3v) is 7.92. The number of nitrogens with zero attached hydrogens (tertiary/aromatic N) is 5. The van der Waals surface area contributed by atoms with Crippen LogP contribution in [0.4, 0.5) is 23.4 Å². The molecule has 224 valence electrons. The van der Waals surface area contributed by atoms with Crippen molar-refractivity contribution in [2.75, 3.05) is 35.2 Å². The van der Waals surface area contributed by atoms with Gasteiger partial charge >= 0.3 is 12.1 Å². The highest BCUT2D eigenvalue weighted by molar-refractivity contribution is 7.99. The van der Waals surface area contributed by atoms with Crippen molar-refractivity contribution in [1.82, 2.24) is 25.3 Å². The summed E-state index contributed by atoms with van der Waals surface area (Å²) in [5.74, 6) is 0.0267. The molecule has 0 atom stereocenters. The van der Waals surface area contributed by atoms with Crippen molar-refractivity contribution in [3.05, 3.63) is 45.9 Å². The molecule has 0 aliphatic carbocycles. The van der Waals surface area contributed by atoms with Crippen molar-refractivity contribution in [3.8, 4) is 0 Å². The van der Waals surface area contributed by atoms with Gasteiger partial charge in [0.2, 0.25) is 22.6 Å². The first-order valence-electron chi connectivity index (χ1n) is 12.9. The highest BCUT2D eigenvalue weighted by Gasteiger charge is 2.42. The molecule has 0 saturated carbocycles. The first-order chi connectivity index (χ1) is 19.7. The molecule has 0 bridgehead atoms. The standard InChI is InChI=1S/C17H18N6O2S3.C6H8F3NO.C2H6/c24-11-18-16-22-20-14(27-16)6-8-26-9-7-15-21-23-17(28-15)19-13(25)10-12-4-2-1-3-5-12;7-6(8,9)5(11)10-3-1-2-4-10;1-2/h1-5,11H,6-10H2,(H,18,22,24)(H,19,23,25);1-4H2;1-2H3. The molecule has 1 saturated heterocycles. The van der Waals surface area contributed by atoms with Crippen LogP contribution in [0.3, 0.4) is 0 Å². The van der Waals surface area contributed by atoms with Crippen LogP contribution in [0.2, 0.25) is 0 Å². The smallest absolute Gasteiger partial charge is 0.335 e. The SMILES string of the molecule is CC.O=C(N1CCCC1)C(F)(F)F.O=CNc1nnc(CCSCCc2nnc(NC(=O)Cc3ccccc3)s2)s1. The monoisotopic (exact) mass is 631 g/mol. The molecule has 2 N–H and O–H groups in total. The average Bonchev–Trinajstić information content (AvgIpc) is 3.73. The Bertz CT molecular complexity index is 1200. The van der Waals surface area contributed by atoms with Gasteiger partial charge in [-0.2, -0.15) is 24.9 Å². The minimum atomic E-state index is -4.69. The molecule has 1 fully saturated rings. The van der Waals surface area contributed by atoms with Crippen molar-refractivity contribution >= 4 is 62.9 Å². The van der Waals surface area contributed by atoms with E-state index in [0.29, 0.717) is 35.9 Å². The lowest BCUT2D eigenvalue weighted by Crippen LogP contribution is -2.39. The number of rotatable bonds is 11. The van der Waals surface area contributed by atoms with Gasteiger partial charge in [0.15, 0.2) is 0 Å². The second-order valence-corrected chi connectivity index (χ2v) is 11.4. The fourth-order valence-electron chi connectivity index (χ4n) is 3.33. The lowest BCUT2D eigenvalue weighted by Gasteiger charge is -2.16. The quantitative estimate of drug-likeness (QED) is 0.227. The normalized spacial score (nSPS) is 12.5. The van der Waals surface area contributed by atoms with Crippen LogP contribution in [0, 0.1) is 0 Å². The Kier molecular flexibility index (Phi) is 15.3. The summed E-state index contributed by atoms with van der Waals surface area (Å²) in [6, 6.07) is 9.59. The summed E-state index contributed by atoms with van der Waals surface area (Å²) in [6.07, 6.45) is -0.806. The minimum Gasteiger partial charge on any atom is -0.335 e. The van der Waals surface area contributed by atoms with Crippen molar-refractivity contribution in [2.24, 2.45) is 0 Å². The molecule has 0 radical (unpaired) electrons. The molecule has 3 aromatic rings. The van der Waals surface area contributed by atoms with Gasteiger partial charge in [-0.1, -0.05) is 66.9 Å². The fourth-order valence-corrected chi connectivity index (χ4v) is 5.92. The summed E-state index contributed by atoms with van der Waals surface area (Å²) in [4.78, 5) is 33.7. The molecular formula is C25H32F3N7O3S3. The first-order valence-corrected chi connectivity index (χ1v) is 15.7. The van der Waals surface area contributed by atoms with Crippen LogP contribution in [0.25, 0.3) is 0 Å². The summed E-state index contributed by atoms with van der Waals surface area (Å²) in [7, 11) is 0.